The van der Waals surface area contributed by atoms with E-state index in [0.29, 0.717) is 30.5 Å². The number of furan rings is 1. The lowest BCUT2D eigenvalue weighted by molar-refractivity contribution is 0.0497. The average Bonchev–Trinajstić information content (AvgIpc) is 3.17. The molecule has 0 radical (unpaired) electrons. The number of rotatable bonds is 3. The van der Waals surface area contributed by atoms with Crippen LogP contribution in [0.15, 0.2) is 22.7 Å². The van der Waals surface area contributed by atoms with E-state index < -0.39 is 5.60 Å². The van der Waals surface area contributed by atoms with Crippen LogP contribution in [-0.2, 0) is 9.47 Å². The van der Waals surface area contributed by atoms with Crippen molar-refractivity contribution in [1.29, 1.82) is 0 Å². The van der Waals surface area contributed by atoms with Gasteiger partial charge < -0.3 is 29.0 Å². The van der Waals surface area contributed by atoms with Crippen LogP contribution in [0.4, 0.5) is 16.6 Å². The van der Waals surface area contributed by atoms with Gasteiger partial charge >= 0.3 is 6.09 Å². The van der Waals surface area contributed by atoms with E-state index in [9.17, 15) is 4.79 Å². The highest BCUT2D eigenvalue weighted by Gasteiger charge is 2.28. The Morgan fingerprint density at radius 3 is 2.61 bits per heavy atom. The topological polar surface area (TPSA) is 106 Å². The first kappa shape index (κ1) is 21.7. The zero-order valence-corrected chi connectivity index (χ0v) is 19.3. The third kappa shape index (κ3) is 4.66. The quantitative estimate of drug-likeness (QED) is 0.639. The van der Waals surface area contributed by atoms with E-state index in [1.54, 1.807) is 6.20 Å². The van der Waals surface area contributed by atoms with Crippen LogP contribution in [0.2, 0.25) is 0 Å². The Morgan fingerprint density at radius 1 is 1.12 bits per heavy atom. The zero-order chi connectivity index (χ0) is 23.0. The number of carbonyl (C=O) groups is 1. The number of nitrogens with zero attached hydrogens (tertiary/aromatic N) is 5. The van der Waals surface area contributed by atoms with Crippen molar-refractivity contribution in [2.24, 2.45) is 0 Å². The molecule has 1 N–H and O–H groups in total. The van der Waals surface area contributed by atoms with E-state index >= 15 is 0 Å². The molecule has 176 valence electrons. The highest BCUT2D eigenvalue weighted by molar-refractivity contribution is 6.05. The van der Waals surface area contributed by atoms with Crippen LogP contribution in [0.25, 0.3) is 22.2 Å². The molecule has 5 heterocycles. The molecule has 0 unspecified atom stereocenters. The first-order valence-corrected chi connectivity index (χ1v) is 11.5. The highest BCUT2D eigenvalue weighted by Crippen LogP contribution is 2.34. The fraction of sp³-hybridized carbons (Fsp3) is 0.565. The lowest BCUT2D eigenvalue weighted by atomic mass is 10.1. The Hall–Kier alpha value is -3.14. The minimum Gasteiger partial charge on any atom is -0.444 e. The minimum absolute atomic E-state index is 0.0671. The van der Waals surface area contributed by atoms with Crippen LogP contribution >= 0.6 is 0 Å². The summed E-state index contributed by atoms with van der Waals surface area (Å²) in [5.74, 6) is 1.46. The molecule has 33 heavy (non-hydrogen) atoms. The summed E-state index contributed by atoms with van der Waals surface area (Å²) in [6.45, 7) is 9.88. The molecule has 0 saturated carbocycles. The fourth-order valence-corrected chi connectivity index (χ4v) is 4.28. The first-order valence-electron chi connectivity index (χ1n) is 11.5. The summed E-state index contributed by atoms with van der Waals surface area (Å²) in [4.78, 5) is 30.7. The third-order valence-corrected chi connectivity index (χ3v) is 5.87. The molecule has 2 saturated heterocycles. The molecule has 0 atom stereocenters. The number of ether oxygens (including phenoxy) is 2. The second-order valence-corrected chi connectivity index (χ2v) is 9.49. The van der Waals surface area contributed by atoms with Gasteiger partial charge in [0, 0.05) is 38.4 Å². The molecule has 0 aromatic carbocycles. The molecule has 10 heteroatoms. The Bertz CT molecular complexity index is 1140. The van der Waals surface area contributed by atoms with Gasteiger partial charge in [-0.2, -0.15) is 4.98 Å². The van der Waals surface area contributed by atoms with E-state index in [2.05, 4.69) is 20.1 Å². The number of amides is 1. The number of alkyl carbamates (subject to hydrolysis) is 1. The van der Waals surface area contributed by atoms with Gasteiger partial charge in [0.15, 0.2) is 11.4 Å². The number of carbonyl (C=O) groups excluding carboxylic acids is 1. The monoisotopic (exact) mass is 454 g/mol. The van der Waals surface area contributed by atoms with Crippen LogP contribution in [-0.4, -0.2) is 72.1 Å². The number of hydrogen-bond donors (Lipinski definition) is 1. The molecular formula is C23H30N6O4. The largest absolute Gasteiger partial charge is 0.444 e. The van der Waals surface area contributed by atoms with Gasteiger partial charge in [0.25, 0.3) is 0 Å². The summed E-state index contributed by atoms with van der Waals surface area (Å²) in [6, 6.07) is 3.93. The predicted octanol–water partition coefficient (Wildman–Crippen LogP) is 3.10. The summed E-state index contributed by atoms with van der Waals surface area (Å²) in [5, 5.41) is 3.87. The van der Waals surface area contributed by atoms with Crippen molar-refractivity contribution in [3.63, 3.8) is 0 Å². The molecule has 2 aliphatic rings. The van der Waals surface area contributed by atoms with Crippen molar-refractivity contribution in [2.45, 2.75) is 45.3 Å². The summed E-state index contributed by atoms with van der Waals surface area (Å²) >= 11 is 0. The molecule has 3 aromatic rings. The average molecular weight is 455 g/mol. The lowest BCUT2D eigenvalue weighted by Crippen LogP contribution is -2.46. The van der Waals surface area contributed by atoms with Gasteiger partial charge in [-0.1, -0.05) is 0 Å². The van der Waals surface area contributed by atoms with E-state index in [1.807, 2.05) is 32.9 Å². The molecule has 2 aliphatic heterocycles. The molecule has 2 fully saturated rings. The van der Waals surface area contributed by atoms with E-state index in [0.717, 1.165) is 55.7 Å². The summed E-state index contributed by atoms with van der Waals surface area (Å²) in [5.41, 5.74) is 1.50. The maximum atomic E-state index is 12.1. The van der Waals surface area contributed by atoms with Crippen LogP contribution in [0.5, 0.6) is 0 Å². The van der Waals surface area contributed by atoms with E-state index in [-0.39, 0.29) is 12.1 Å². The Kier molecular flexibility index (Phi) is 5.69. The number of fused-ring (bicyclic) bond motifs is 3. The molecule has 1 amide bonds. The Morgan fingerprint density at radius 2 is 1.88 bits per heavy atom. The number of nitrogens with one attached hydrogen (secondary N) is 1. The van der Waals surface area contributed by atoms with E-state index in [4.69, 9.17) is 23.9 Å². The molecule has 0 spiro atoms. The number of hydrogen-bond acceptors (Lipinski definition) is 9. The number of morpholine rings is 1. The maximum Gasteiger partial charge on any atom is 0.407 e. The van der Waals surface area contributed by atoms with Crippen molar-refractivity contribution in [3.8, 4) is 0 Å². The molecule has 5 rings (SSSR count). The van der Waals surface area contributed by atoms with Crippen molar-refractivity contribution in [2.75, 3.05) is 49.2 Å². The van der Waals surface area contributed by atoms with Crippen LogP contribution in [0.1, 0.15) is 33.6 Å². The van der Waals surface area contributed by atoms with E-state index in [1.165, 1.54) is 0 Å². The third-order valence-electron chi connectivity index (χ3n) is 5.87. The second-order valence-electron chi connectivity index (χ2n) is 9.49. The standard InChI is InChI=1S/C23H30N6O4/c1-23(2,3)33-22(30)25-15-6-9-29(10-7-15)21-26-17-16-5-4-8-24-20(16)32-18(17)19(27-21)28-11-13-31-14-12-28/h4-5,8,15H,6-7,9-14H2,1-3H3,(H,25,30). The van der Waals surface area contributed by atoms with Crippen LogP contribution < -0.4 is 15.1 Å². The fourth-order valence-electron chi connectivity index (χ4n) is 4.28. The van der Waals surface area contributed by atoms with Gasteiger partial charge in [-0.3, -0.25) is 0 Å². The van der Waals surface area contributed by atoms with Crippen molar-refractivity contribution >= 4 is 40.1 Å². The number of aromatic nitrogens is 3. The second kappa shape index (κ2) is 8.66. The van der Waals surface area contributed by atoms with Gasteiger partial charge in [-0.25, -0.2) is 14.8 Å². The van der Waals surface area contributed by atoms with Gasteiger partial charge in [-0.05, 0) is 45.7 Å². The highest BCUT2D eigenvalue weighted by atomic mass is 16.6. The Balaban J connectivity index is 1.39. The number of pyridine rings is 1. The molecule has 0 bridgehead atoms. The van der Waals surface area contributed by atoms with Gasteiger partial charge in [0.05, 0.1) is 18.6 Å². The van der Waals surface area contributed by atoms with Gasteiger partial charge in [0.1, 0.15) is 11.1 Å². The summed E-state index contributed by atoms with van der Waals surface area (Å²) in [7, 11) is 0. The van der Waals surface area contributed by atoms with Crippen molar-refractivity contribution in [3.05, 3.63) is 18.3 Å². The summed E-state index contributed by atoms with van der Waals surface area (Å²) in [6.07, 6.45) is 2.93. The minimum atomic E-state index is -0.508. The zero-order valence-electron chi connectivity index (χ0n) is 19.3. The molecule has 3 aromatic heterocycles. The number of piperidine rings is 1. The smallest absolute Gasteiger partial charge is 0.407 e. The van der Waals surface area contributed by atoms with Crippen molar-refractivity contribution < 1.29 is 18.7 Å². The van der Waals surface area contributed by atoms with Crippen molar-refractivity contribution in [1.82, 2.24) is 20.3 Å². The maximum absolute atomic E-state index is 12.1. The first-order chi connectivity index (χ1) is 15.9. The van der Waals surface area contributed by atoms with Crippen LogP contribution in [0.3, 0.4) is 0 Å². The predicted molar refractivity (Wildman–Crippen MR) is 125 cm³/mol. The van der Waals surface area contributed by atoms with Gasteiger partial charge in [0.2, 0.25) is 11.7 Å². The normalized spacial score (nSPS) is 18.2. The SMILES string of the molecule is CC(C)(C)OC(=O)NC1CCN(c2nc(N3CCOCC3)c3oc4ncccc4c3n2)CC1. The molecule has 10 nitrogen and oxygen atoms in total. The van der Waals surface area contributed by atoms with Crippen LogP contribution in [0, 0.1) is 0 Å². The Labute approximate surface area is 192 Å². The molecular weight excluding hydrogens is 424 g/mol. The summed E-state index contributed by atoms with van der Waals surface area (Å²) < 4.78 is 17.0. The van der Waals surface area contributed by atoms with Gasteiger partial charge in [-0.15, -0.1) is 0 Å². The number of anilines is 2. The lowest BCUT2D eigenvalue weighted by Gasteiger charge is -2.33. The molecule has 0 aliphatic carbocycles.